The van der Waals surface area contributed by atoms with Crippen molar-refractivity contribution in [2.45, 2.75) is 50.5 Å². The van der Waals surface area contributed by atoms with Gasteiger partial charge in [0.25, 0.3) is 0 Å². The molecule has 1 saturated heterocycles. The Kier molecular flexibility index (Phi) is 2.70. The van der Waals surface area contributed by atoms with Crippen LogP contribution in [0.15, 0.2) is 18.2 Å². The molecule has 1 aromatic rings. The SMILES string of the molecule is CC1(C)COB(c2ccc3c(c2)C2(CCCC2)CN3)O1. The summed E-state index contributed by atoms with van der Waals surface area (Å²) in [7, 11) is -0.200. The third-order valence-electron chi connectivity index (χ3n) is 5.07. The van der Waals surface area contributed by atoms with Gasteiger partial charge in [0.1, 0.15) is 0 Å². The molecule has 106 valence electrons. The number of hydrogen-bond acceptors (Lipinski definition) is 3. The van der Waals surface area contributed by atoms with E-state index in [1.807, 2.05) is 0 Å². The zero-order valence-electron chi connectivity index (χ0n) is 12.4. The number of nitrogens with one attached hydrogen (secondary N) is 1. The van der Waals surface area contributed by atoms with Gasteiger partial charge in [0.15, 0.2) is 0 Å². The van der Waals surface area contributed by atoms with Gasteiger partial charge < -0.3 is 14.6 Å². The second-order valence-corrected chi connectivity index (χ2v) is 7.17. The molecule has 2 fully saturated rings. The Bertz CT molecular complexity index is 537. The molecule has 20 heavy (non-hydrogen) atoms. The van der Waals surface area contributed by atoms with Crippen molar-refractivity contribution in [3.8, 4) is 0 Å². The summed E-state index contributed by atoms with van der Waals surface area (Å²) in [5, 5.41) is 3.59. The average Bonchev–Trinajstić information content (AvgIpc) is 3.12. The Morgan fingerprint density at radius 3 is 2.70 bits per heavy atom. The van der Waals surface area contributed by atoms with E-state index < -0.39 is 0 Å². The second-order valence-electron chi connectivity index (χ2n) is 7.17. The molecular weight excluding hydrogens is 249 g/mol. The van der Waals surface area contributed by atoms with Crippen LogP contribution in [0.5, 0.6) is 0 Å². The zero-order chi connectivity index (χ0) is 13.8. The highest BCUT2D eigenvalue weighted by Crippen LogP contribution is 2.47. The van der Waals surface area contributed by atoms with Crippen molar-refractivity contribution in [3.05, 3.63) is 23.8 Å². The maximum Gasteiger partial charge on any atom is 0.494 e. The molecule has 1 spiro atoms. The predicted octanol–water partition coefficient (Wildman–Crippen LogP) is 2.44. The highest BCUT2D eigenvalue weighted by Gasteiger charge is 2.43. The molecule has 1 N–H and O–H groups in total. The van der Waals surface area contributed by atoms with Crippen LogP contribution in [0.4, 0.5) is 5.69 Å². The standard InChI is InChI=1S/C16H22BNO2/c1-15(2)11-19-17(20-15)12-5-6-14-13(9-12)16(10-18-14)7-3-4-8-16/h5-6,9,18H,3-4,7-8,10-11H2,1-2H3. The van der Waals surface area contributed by atoms with Gasteiger partial charge in [0.05, 0.1) is 12.2 Å². The molecule has 1 saturated carbocycles. The highest BCUT2D eigenvalue weighted by molar-refractivity contribution is 6.62. The first-order chi connectivity index (χ1) is 9.58. The lowest BCUT2D eigenvalue weighted by molar-refractivity contribution is 0.137. The molecule has 0 aromatic heterocycles. The summed E-state index contributed by atoms with van der Waals surface area (Å²) in [6.07, 6.45) is 5.34. The van der Waals surface area contributed by atoms with Crippen molar-refractivity contribution >= 4 is 18.3 Å². The summed E-state index contributed by atoms with van der Waals surface area (Å²) in [5.41, 5.74) is 4.17. The van der Waals surface area contributed by atoms with E-state index in [0.29, 0.717) is 12.0 Å². The molecule has 3 aliphatic rings. The first kappa shape index (κ1) is 12.7. The number of fused-ring (bicyclic) bond motifs is 2. The van der Waals surface area contributed by atoms with Crippen LogP contribution in [0.2, 0.25) is 0 Å². The van der Waals surface area contributed by atoms with Gasteiger partial charge in [-0.05, 0) is 43.8 Å². The molecule has 2 aliphatic heterocycles. The molecule has 0 bridgehead atoms. The fourth-order valence-corrected chi connectivity index (χ4v) is 3.96. The van der Waals surface area contributed by atoms with Crippen LogP contribution in [0.1, 0.15) is 45.1 Å². The zero-order valence-corrected chi connectivity index (χ0v) is 12.4. The summed E-state index contributed by atoms with van der Waals surface area (Å²) < 4.78 is 11.8. The van der Waals surface area contributed by atoms with Crippen LogP contribution in [0.3, 0.4) is 0 Å². The lowest BCUT2D eigenvalue weighted by Gasteiger charge is -2.23. The minimum Gasteiger partial charge on any atom is -0.404 e. The van der Waals surface area contributed by atoms with Gasteiger partial charge in [-0.1, -0.05) is 25.0 Å². The van der Waals surface area contributed by atoms with E-state index in [9.17, 15) is 0 Å². The third-order valence-corrected chi connectivity index (χ3v) is 5.07. The lowest BCUT2D eigenvalue weighted by Crippen LogP contribution is -2.35. The largest absolute Gasteiger partial charge is 0.494 e. The Morgan fingerprint density at radius 1 is 1.20 bits per heavy atom. The monoisotopic (exact) mass is 271 g/mol. The van der Waals surface area contributed by atoms with Crippen LogP contribution in [0.25, 0.3) is 0 Å². The molecule has 0 atom stereocenters. The van der Waals surface area contributed by atoms with Gasteiger partial charge in [-0.25, -0.2) is 0 Å². The molecular formula is C16H22BNO2. The molecule has 0 radical (unpaired) electrons. The van der Waals surface area contributed by atoms with Crippen LogP contribution >= 0.6 is 0 Å². The first-order valence-electron chi connectivity index (χ1n) is 7.76. The van der Waals surface area contributed by atoms with E-state index >= 15 is 0 Å². The van der Waals surface area contributed by atoms with Gasteiger partial charge in [0, 0.05) is 17.6 Å². The average molecular weight is 271 g/mol. The van der Waals surface area contributed by atoms with Crippen molar-refractivity contribution in [1.29, 1.82) is 0 Å². The molecule has 1 aliphatic carbocycles. The van der Waals surface area contributed by atoms with Crippen molar-refractivity contribution in [2.24, 2.45) is 0 Å². The van der Waals surface area contributed by atoms with Gasteiger partial charge in [0.2, 0.25) is 0 Å². The number of anilines is 1. The smallest absolute Gasteiger partial charge is 0.404 e. The fourth-order valence-electron chi connectivity index (χ4n) is 3.96. The maximum absolute atomic E-state index is 6.00. The maximum atomic E-state index is 6.00. The van der Waals surface area contributed by atoms with Crippen molar-refractivity contribution < 1.29 is 9.31 Å². The third kappa shape index (κ3) is 1.89. The van der Waals surface area contributed by atoms with E-state index in [4.69, 9.17) is 9.31 Å². The Morgan fingerprint density at radius 2 is 2.00 bits per heavy atom. The Balaban J connectivity index is 1.68. The summed E-state index contributed by atoms with van der Waals surface area (Å²) in [5.74, 6) is 0. The fraction of sp³-hybridized carbons (Fsp3) is 0.625. The molecule has 0 unspecified atom stereocenters. The van der Waals surface area contributed by atoms with Crippen LogP contribution in [-0.2, 0) is 14.7 Å². The molecule has 2 heterocycles. The molecule has 1 aromatic carbocycles. The summed E-state index contributed by atoms with van der Waals surface area (Å²) >= 11 is 0. The lowest BCUT2D eigenvalue weighted by atomic mass is 9.74. The van der Waals surface area contributed by atoms with Crippen LogP contribution in [-0.4, -0.2) is 25.9 Å². The minimum atomic E-state index is -0.200. The summed E-state index contributed by atoms with van der Waals surface area (Å²) in [4.78, 5) is 0. The second kappa shape index (κ2) is 4.25. The van der Waals surface area contributed by atoms with Crippen LogP contribution in [0, 0.1) is 0 Å². The summed E-state index contributed by atoms with van der Waals surface area (Å²) in [6, 6.07) is 6.67. The van der Waals surface area contributed by atoms with E-state index in [-0.39, 0.29) is 12.7 Å². The van der Waals surface area contributed by atoms with Gasteiger partial charge in [-0.15, -0.1) is 0 Å². The topological polar surface area (TPSA) is 30.5 Å². The Labute approximate surface area is 121 Å². The number of rotatable bonds is 1. The van der Waals surface area contributed by atoms with Crippen LogP contribution < -0.4 is 10.8 Å². The van der Waals surface area contributed by atoms with E-state index in [2.05, 4.69) is 37.4 Å². The predicted molar refractivity (Wildman–Crippen MR) is 81.6 cm³/mol. The number of benzene rings is 1. The van der Waals surface area contributed by atoms with E-state index in [0.717, 1.165) is 6.54 Å². The summed E-state index contributed by atoms with van der Waals surface area (Å²) in [6.45, 7) is 5.93. The van der Waals surface area contributed by atoms with Gasteiger partial charge in [-0.2, -0.15) is 0 Å². The van der Waals surface area contributed by atoms with Crippen molar-refractivity contribution in [1.82, 2.24) is 0 Å². The van der Waals surface area contributed by atoms with E-state index in [1.54, 1.807) is 0 Å². The minimum absolute atomic E-state index is 0.174. The molecule has 4 rings (SSSR count). The molecule has 3 nitrogen and oxygen atoms in total. The molecule has 0 amide bonds. The molecule has 4 heteroatoms. The quantitative estimate of drug-likeness (QED) is 0.796. The normalized spacial score (nSPS) is 26.0. The van der Waals surface area contributed by atoms with Crippen molar-refractivity contribution in [3.63, 3.8) is 0 Å². The first-order valence-corrected chi connectivity index (χ1v) is 7.76. The number of hydrogen-bond donors (Lipinski definition) is 1. The van der Waals surface area contributed by atoms with E-state index in [1.165, 1.54) is 42.4 Å². The highest BCUT2D eigenvalue weighted by atomic mass is 16.7. The van der Waals surface area contributed by atoms with Gasteiger partial charge >= 0.3 is 7.12 Å². The Hall–Kier alpha value is -0.995. The van der Waals surface area contributed by atoms with Crippen molar-refractivity contribution in [2.75, 3.05) is 18.5 Å². The van der Waals surface area contributed by atoms with Gasteiger partial charge in [-0.3, -0.25) is 0 Å².